The molecule has 0 aromatic carbocycles. The zero-order valence-electron chi connectivity index (χ0n) is 10.3. The van der Waals surface area contributed by atoms with Crippen LogP contribution in [0.3, 0.4) is 0 Å². The summed E-state index contributed by atoms with van der Waals surface area (Å²) in [5.41, 5.74) is 0. The van der Waals surface area contributed by atoms with Gasteiger partial charge < -0.3 is 19.5 Å². The molecule has 2 fully saturated rings. The smallest absolute Gasteiger partial charge is 0.0987 e. The van der Waals surface area contributed by atoms with Crippen LogP contribution >= 0.6 is 0 Å². The average molecular weight is 229 g/mol. The maximum atomic E-state index is 5.97. The largest absolute Gasteiger partial charge is 0.379 e. The fraction of sp³-hybridized carbons (Fsp3) is 1.00. The Labute approximate surface area is 97.6 Å². The van der Waals surface area contributed by atoms with E-state index in [2.05, 4.69) is 12.2 Å². The molecule has 1 aliphatic carbocycles. The standard InChI is InChI=1S/C12H23NO3/c1-3-5-13-10-7-11(12(10)14-2)16-9-4-6-15-8-9/h9-13H,3-8H2,1-2H3. The first-order valence-corrected chi connectivity index (χ1v) is 6.34. The van der Waals surface area contributed by atoms with Crippen molar-refractivity contribution in [3.05, 3.63) is 0 Å². The number of hydrogen-bond donors (Lipinski definition) is 1. The molecule has 4 atom stereocenters. The minimum atomic E-state index is 0.215. The average Bonchev–Trinajstić information content (AvgIpc) is 2.75. The summed E-state index contributed by atoms with van der Waals surface area (Å²) >= 11 is 0. The topological polar surface area (TPSA) is 39.7 Å². The quantitative estimate of drug-likeness (QED) is 0.736. The molecule has 0 bridgehead atoms. The summed E-state index contributed by atoms with van der Waals surface area (Å²) in [7, 11) is 1.77. The van der Waals surface area contributed by atoms with E-state index in [1.807, 2.05) is 0 Å². The molecule has 16 heavy (non-hydrogen) atoms. The molecule has 1 heterocycles. The first kappa shape index (κ1) is 12.3. The van der Waals surface area contributed by atoms with Crippen LogP contribution in [-0.4, -0.2) is 51.2 Å². The van der Waals surface area contributed by atoms with Gasteiger partial charge >= 0.3 is 0 Å². The Hall–Kier alpha value is -0.160. The SMILES string of the molecule is CCCNC1CC(OC2CCOC2)C1OC. The van der Waals surface area contributed by atoms with Gasteiger partial charge in [0.05, 0.1) is 24.9 Å². The summed E-state index contributed by atoms with van der Waals surface area (Å²) in [6, 6.07) is 0.470. The van der Waals surface area contributed by atoms with Crippen LogP contribution in [0.25, 0.3) is 0 Å². The van der Waals surface area contributed by atoms with Crippen LogP contribution in [0.1, 0.15) is 26.2 Å². The van der Waals surface area contributed by atoms with Gasteiger partial charge in [0, 0.05) is 19.8 Å². The third kappa shape index (κ3) is 2.74. The molecule has 4 nitrogen and oxygen atoms in total. The Morgan fingerprint density at radius 3 is 2.94 bits per heavy atom. The van der Waals surface area contributed by atoms with Crippen LogP contribution in [0.15, 0.2) is 0 Å². The summed E-state index contributed by atoms with van der Waals surface area (Å²) in [5.74, 6) is 0. The van der Waals surface area contributed by atoms with Crippen molar-refractivity contribution in [1.29, 1.82) is 0 Å². The molecule has 0 aromatic rings. The normalized spacial score (nSPS) is 38.6. The summed E-state index contributed by atoms with van der Waals surface area (Å²) in [4.78, 5) is 0. The van der Waals surface area contributed by atoms with Gasteiger partial charge in [0.2, 0.25) is 0 Å². The second kappa shape index (κ2) is 5.96. The molecular weight excluding hydrogens is 206 g/mol. The Morgan fingerprint density at radius 2 is 2.31 bits per heavy atom. The van der Waals surface area contributed by atoms with Crippen molar-refractivity contribution in [3.8, 4) is 0 Å². The van der Waals surface area contributed by atoms with Gasteiger partial charge in [0.25, 0.3) is 0 Å². The van der Waals surface area contributed by atoms with Crippen LogP contribution in [0.5, 0.6) is 0 Å². The first-order chi connectivity index (χ1) is 7.85. The molecule has 4 heteroatoms. The molecule has 4 unspecified atom stereocenters. The van der Waals surface area contributed by atoms with Gasteiger partial charge in [0.15, 0.2) is 0 Å². The molecular formula is C12H23NO3. The number of nitrogens with one attached hydrogen (secondary N) is 1. The minimum absolute atomic E-state index is 0.215. The highest BCUT2D eigenvalue weighted by molar-refractivity contribution is 4.97. The van der Waals surface area contributed by atoms with E-state index >= 15 is 0 Å². The van der Waals surface area contributed by atoms with Crippen molar-refractivity contribution >= 4 is 0 Å². The van der Waals surface area contributed by atoms with Crippen molar-refractivity contribution in [3.63, 3.8) is 0 Å². The van der Waals surface area contributed by atoms with Crippen LogP contribution in [0.2, 0.25) is 0 Å². The van der Waals surface area contributed by atoms with E-state index in [9.17, 15) is 0 Å². The Bertz CT molecular complexity index is 206. The van der Waals surface area contributed by atoms with Gasteiger partial charge in [-0.2, -0.15) is 0 Å². The highest BCUT2D eigenvalue weighted by Crippen LogP contribution is 2.29. The second-order valence-corrected chi connectivity index (χ2v) is 4.66. The fourth-order valence-corrected chi connectivity index (χ4v) is 2.43. The van der Waals surface area contributed by atoms with E-state index in [0.717, 1.165) is 39.0 Å². The molecule has 0 aromatic heterocycles. The van der Waals surface area contributed by atoms with Gasteiger partial charge in [-0.1, -0.05) is 6.92 Å². The third-order valence-electron chi connectivity index (χ3n) is 3.43. The molecule has 94 valence electrons. The number of ether oxygens (including phenoxy) is 3. The Kier molecular flexibility index (Phi) is 4.58. The second-order valence-electron chi connectivity index (χ2n) is 4.66. The first-order valence-electron chi connectivity index (χ1n) is 6.34. The van der Waals surface area contributed by atoms with Gasteiger partial charge in [-0.05, 0) is 25.8 Å². The van der Waals surface area contributed by atoms with Crippen LogP contribution in [-0.2, 0) is 14.2 Å². The van der Waals surface area contributed by atoms with Gasteiger partial charge in [-0.15, -0.1) is 0 Å². The van der Waals surface area contributed by atoms with Crippen molar-refractivity contribution in [2.45, 2.75) is 50.5 Å². The van der Waals surface area contributed by atoms with Crippen molar-refractivity contribution in [2.24, 2.45) is 0 Å². The molecule has 2 aliphatic rings. The van der Waals surface area contributed by atoms with Gasteiger partial charge in [-0.25, -0.2) is 0 Å². The molecule has 0 amide bonds. The highest BCUT2D eigenvalue weighted by Gasteiger charge is 2.43. The van der Waals surface area contributed by atoms with E-state index in [1.165, 1.54) is 0 Å². The molecule has 2 rings (SSSR count). The maximum absolute atomic E-state index is 5.97. The lowest BCUT2D eigenvalue weighted by atomic mass is 9.85. The molecule has 0 radical (unpaired) electrons. The monoisotopic (exact) mass is 229 g/mol. The molecule has 1 saturated carbocycles. The summed E-state index contributed by atoms with van der Waals surface area (Å²) in [6.07, 6.45) is 4.01. The van der Waals surface area contributed by atoms with E-state index in [-0.39, 0.29) is 18.3 Å². The van der Waals surface area contributed by atoms with Crippen LogP contribution < -0.4 is 5.32 Å². The number of rotatable bonds is 6. The number of hydrogen-bond acceptors (Lipinski definition) is 4. The zero-order valence-corrected chi connectivity index (χ0v) is 10.3. The van der Waals surface area contributed by atoms with Crippen molar-refractivity contribution in [1.82, 2.24) is 5.32 Å². The van der Waals surface area contributed by atoms with Gasteiger partial charge in [-0.3, -0.25) is 0 Å². The van der Waals surface area contributed by atoms with Crippen LogP contribution in [0.4, 0.5) is 0 Å². The highest BCUT2D eigenvalue weighted by atomic mass is 16.6. The molecule has 1 N–H and O–H groups in total. The van der Waals surface area contributed by atoms with E-state index in [1.54, 1.807) is 7.11 Å². The maximum Gasteiger partial charge on any atom is 0.0987 e. The predicted molar refractivity (Wildman–Crippen MR) is 61.6 cm³/mol. The Morgan fingerprint density at radius 1 is 1.44 bits per heavy atom. The molecule has 1 saturated heterocycles. The van der Waals surface area contributed by atoms with Crippen molar-refractivity contribution in [2.75, 3.05) is 26.9 Å². The summed E-state index contributed by atoms with van der Waals surface area (Å²) in [5, 5.41) is 3.49. The third-order valence-corrected chi connectivity index (χ3v) is 3.43. The Balaban J connectivity index is 1.71. The lowest BCUT2D eigenvalue weighted by molar-refractivity contribution is -0.156. The van der Waals surface area contributed by atoms with Crippen LogP contribution in [0, 0.1) is 0 Å². The number of methoxy groups -OCH3 is 1. The lowest BCUT2D eigenvalue weighted by Crippen LogP contribution is -2.60. The summed E-state index contributed by atoms with van der Waals surface area (Å²) in [6.45, 7) is 4.83. The van der Waals surface area contributed by atoms with E-state index < -0.39 is 0 Å². The lowest BCUT2D eigenvalue weighted by Gasteiger charge is -2.44. The zero-order chi connectivity index (χ0) is 11.4. The van der Waals surface area contributed by atoms with E-state index in [4.69, 9.17) is 14.2 Å². The van der Waals surface area contributed by atoms with Gasteiger partial charge in [0.1, 0.15) is 0 Å². The predicted octanol–water partition coefficient (Wildman–Crippen LogP) is 0.947. The minimum Gasteiger partial charge on any atom is -0.379 e. The molecule has 1 aliphatic heterocycles. The summed E-state index contributed by atoms with van der Waals surface area (Å²) < 4.78 is 16.8. The molecule has 0 spiro atoms. The van der Waals surface area contributed by atoms with Crippen molar-refractivity contribution < 1.29 is 14.2 Å². The van der Waals surface area contributed by atoms with E-state index in [0.29, 0.717) is 6.04 Å². The fourth-order valence-electron chi connectivity index (χ4n) is 2.43.